The van der Waals surface area contributed by atoms with E-state index < -0.39 is 0 Å². The molecule has 116 valence electrons. The number of rotatable bonds is 3. The molecule has 2 nitrogen and oxygen atoms in total. The number of fused-ring (bicyclic) bond motifs is 4. The molecule has 3 aliphatic carbocycles. The number of aliphatic hydroxyl groups is 1. The minimum Gasteiger partial charge on any atom is -0.391 e. The van der Waals surface area contributed by atoms with Crippen molar-refractivity contribution in [2.24, 2.45) is 22.7 Å². The highest BCUT2D eigenvalue weighted by Crippen LogP contribution is 2.65. The first-order chi connectivity index (χ1) is 9.27. The molecule has 0 saturated heterocycles. The minimum atomic E-state index is -0.340. The Bertz CT molecular complexity index is 376. The van der Waals surface area contributed by atoms with Crippen LogP contribution in [0.5, 0.6) is 0 Å². The van der Waals surface area contributed by atoms with Crippen molar-refractivity contribution in [3.05, 3.63) is 0 Å². The van der Waals surface area contributed by atoms with Gasteiger partial charge in [0.25, 0.3) is 0 Å². The molecule has 1 N–H and O–H groups in total. The lowest BCUT2D eigenvalue weighted by atomic mass is 9.49. The second-order valence-corrected chi connectivity index (χ2v) is 9.01. The summed E-state index contributed by atoms with van der Waals surface area (Å²) in [5.74, 6) is 1.56. The van der Waals surface area contributed by atoms with E-state index in [1.165, 1.54) is 44.9 Å². The molecule has 0 amide bonds. The van der Waals surface area contributed by atoms with Crippen molar-refractivity contribution in [1.29, 1.82) is 0 Å². The van der Waals surface area contributed by atoms with Gasteiger partial charge in [0, 0.05) is 0 Å². The van der Waals surface area contributed by atoms with E-state index in [1.54, 1.807) is 0 Å². The zero-order valence-electron chi connectivity index (χ0n) is 13.7. The lowest BCUT2D eigenvalue weighted by molar-refractivity contribution is -0.201. The Hall–Kier alpha value is -0.0800. The van der Waals surface area contributed by atoms with Gasteiger partial charge in [-0.3, -0.25) is 0 Å². The second kappa shape index (κ2) is 4.71. The van der Waals surface area contributed by atoms with E-state index in [9.17, 15) is 5.11 Å². The zero-order chi connectivity index (χ0) is 14.6. The Labute approximate surface area is 124 Å². The van der Waals surface area contributed by atoms with Crippen molar-refractivity contribution in [3.8, 4) is 0 Å². The van der Waals surface area contributed by atoms with Gasteiger partial charge in [-0.1, -0.05) is 27.2 Å². The molecule has 0 aromatic carbocycles. The summed E-state index contributed by atoms with van der Waals surface area (Å²) in [5, 5.41) is 9.66. The molecule has 0 radical (unpaired) electrons. The highest BCUT2D eigenvalue weighted by atomic mass is 16.5. The number of aliphatic hydroxyl groups excluding tert-OH is 1. The average Bonchev–Trinajstić information content (AvgIpc) is 2.40. The standard InChI is InChI=1S/C18H32O2/c1-13(19)11-20-18-8-5-7-17(4,12-18)9-6-14-15(18)10-16(14,2)3/h13-15,19H,5-12H2,1-4H3. The van der Waals surface area contributed by atoms with Gasteiger partial charge in [0.1, 0.15) is 0 Å². The van der Waals surface area contributed by atoms with E-state index in [0.29, 0.717) is 17.4 Å². The van der Waals surface area contributed by atoms with Gasteiger partial charge < -0.3 is 9.84 Å². The molecule has 0 aromatic rings. The van der Waals surface area contributed by atoms with Crippen molar-refractivity contribution in [2.45, 2.75) is 84.3 Å². The van der Waals surface area contributed by atoms with Gasteiger partial charge in [-0.25, -0.2) is 0 Å². The monoisotopic (exact) mass is 280 g/mol. The summed E-state index contributed by atoms with van der Waals surface area (Å²) in [6, 6.07) is 0. The van der Waals surface area contributed by atoms with Gasteiger partial charge in [0.2, 0.25) is 0 Å². The lowest BCUT2D eigenvalue weighted by Gasteiger charge is -2.59. The van der Waals surface area contributed by atoms with Crippen LogP contribution in [-0.2, 0) is 4.74 Å². The molecule has 0 spiro atoms. The van der Waals surface area contributed by atoms with Crippen LogP contribution in [0.15, 0.2) is 0 Å². The minimum absolute atomic E-state index is 0.0701. The molecule has 3 saturated carbocycles. The van der Waals surface area contributed by atoms with Gasteiger partial charge in [0.15, 0.2) is 0 Å². The Morgan fingerprint density at radius 2 is 1.90 bits per heavy atom. The van der Waals surface area contributed by atoms with Crippen molar-refractivity contribution in [3.63, 3.8) is 0 Å². The van der Waals surface area contributed by atoms with E-state index >= 15 is 0 Å². The van der Waals surface area contributed by atoms with Crippen LogP contribution in [0.4, 0.5) is 0 Å². The molecule has 5 atom stereocenters. The molecular weight excluding hydrogens is 248 g/mol. The molecule has 20 heavy (non-hydrogen) atoms. The summed E-state index contributed by atoms with van der Waals surface area (Å²) in [6.45, 7) is 9.71. The van der Waals surface area contributed by atoms with Crippen molar-refractivity contribution in [2.75, 3.05) is 6.61 Å². The van der Waals surface area contributed by atoms with E-state index in [2.05, 4.69) is 20.8 Å². The van der Waals surface area contributed by atoms with Gasteiger partial charge in [-0.05, 0) is 68.1 Å². The summed E-state index contributed by atoms with van der Waals surface area (Å²) in [6.07, 6.45) is 8.84. The third-order valence-corrected chi connectivity index (χ3v) is 6.69. The Morgan fingerprint density at radius 1 is 1.15 bits per heavy atom. The summed E-state index contributed by atoms with van der Waals surface area (Å²) < 4.78 is 6.43. The molecule has 0 aromatic heterocycles. The van der Waals surface area contributed by atoms with Gasteiger partial charge in [-0.15, -0.1) is 0 Å². The third-order valence-electron chi connectivity index (χ3n) is 6.69. The van der Waals surface area contributed by atoms with Crippen LogP contribution >= 0.6 is 0 Å². The third kappa shape index (κ3) is 2.33. The Balaban J connectivity index is 1.87. The van der Waals surface area contributed by atoms with Gasteiger partial charge in [-0.2, -0.15) is 0 Å². The van der Waals surface area contributed by atoms with E-state index in [4.69, 9.17) is 4.74 Å². The van der Waals surface area contributed by atoms with Gasteiger partial charge in [0.05, 0.1) is 18.3 Å². The SMILES string of the molecule is CC(O)COC12CCCC(C)(CCC3C1CC3(C)C)C2. The predicted octanol–water partition coefficient (Wildman–Crippen LogP) is 4.16. The molecule has 2 bridgehead atoms. The highest BCUT2D eigenvalue weighted by molar-refractivity contribution is 5.11. The molecule has 3 aliphatic rings. The van der Waals surface area contributed by atoms with Crippen molar-refractivity contribution < 1.29 is 9.84 Å². The highest BCUT2D eigenvalue weighted by Gasteiger charge is 2.61. The normalized spacial score (nSPS) is 47.9. The largest absolute Gasteiger partial charge is 0.391 e. The summed E-state index contributed by atoms with van der Waals surface area (Å²) in [5.41, 5.74) is 1.05. The first kappa shape index (κ1) is 14.8. The van der Waals surface area contributed by atoms with E-state index in [0.717, 1.165) is 11.8 Å². The first-order valence-electron chi connectivity index (χ1n) is 8.59. The maximum absolute atomic E-state index is 9.66. The molecule has 3 rings (SSSR count). The Morgan fingerprint density at radius 3 is 2.55 bits per heavy atom. The summed E-state index contributed by atoms with van der Waals surface area (Å²) >= 11 is 0. The smallest absolute Gasteiger partial charge is 0.0745 e. The molecule has 0 heterocycles. The summed E-state index contributed by atoms with van der Waals surface area (Å²) in [7, 11) is 0. The van der Waals surface area contributed by atoms with Crippen LogP contribution < -0.4 is 0 Å². The average molecular weight is 280 g/mol. The van der Waals surface area contributed by atoms with E-state index in [1.807, 2.05) is 6.92 Å². The fraction of sp³-hybridized carbons (Fsp3) is 1.00. The quantitative estimate of drug-likeness (QED) is 0.841. The molecule has 3 fully saturated rings. The number of hydrogen-bond acceptors (Lipinski definition) is 2. The zero-order valence-corrected chi connectivity index (χ0v) is 13.7. The fourth-order valence-electron chi connectivity index (χ4n) is 5.65. The van der Waals surface area contributed by atoms with Crippen LogP contribution in [0.3, 0.4) is 0 Å². The maximum atomic E-state index is 9.66. The number of ether oxygens (including phenoxy) is 1. The predicted molar refractivity (Wildman–Crippen MR) is 81.6 cm³/mol. The van der Waals surface area contributed by atoms with Crippen molar-refractivity contribution in [1.82, 2.24) is 0 Å². The van der Waals surface area contributed by atoms with Crippen molar-refractivity contribution >= 4 is 0 Å². The number of hydrogen-bond donors (Lipinski definition) is 1. The van der Waals surface area contributed by atoms with Crippen LogP contribution in [0.2, 0.25) is 0 Å². The maximum Gasteiger partial charge on any atom is 0.0745 e. The van der Waals surface area contributed by atoms with E-state index in [-0.39, 0.29) is 11.7 Å². The summed E-state index contributed by atoms with van der Waals surface area (Å²) in [4.78, 5) is 0. The van der Waals surface area contributed by atoms with Crippen LogP contribution in [0.1, 0.15) is 72.6 Å². The van der Waals surface area contributed by atoms with Gasteiger partial charge >= 0.3 is 0 Å². The molecular formula is C18H32O2. The molecule has 5 unspecified atom stereocenters. The first-order valence-corrected chi connectivity index (χ1v) is 8.59. The molecule has 0 aliphatic heterocycles. The second-order valence-electron chi connectivity index (χ2n) is 9.01. The van der Waals surface area contributed by atoms with Crippen LogP contribution in [0, 0.1) is 22.7 Å². The van der Waals surface area contributed by atoms with Crippen LogP contribution in [-0.4, -0.2) is 23.4 Å². The lowest BCUT2D eigenvalue weighted by Crippen LogP contribution is -2.57. The molecule has 2 heteroatoms. The fourth-order valence-corrected chi connectivity index (χ4v) is 5.65. The Kier molecular flexibility index (Phi) is 3.49. The topological polar surface area (TPSA) is 29.5 Å². The van der Waals surface area contributed by atoms with Crippen LogP contribution in [0.25, 0.3) is 0 Å².